The van der Waals surface area contributed by atoms with E-state index in [0.29, 0.717) is 11.7 Å². The minimum Gasteiger partial charge on any atom is -0.321 e. The summed E-state index contributed by atoms with van der Waals surface area (Å²) >= 11 is 0. The predicted molar refractivity (Wildman–Crippen MR) is 115 cm³/mol. The van der Waals surface area contributed by atoms with Crippen molar-refractivity contribution in [2.24, 2.45) is 0 Å². The summed E-state index contributed by atoms with van der Waals surface area (Å²) in [6.45, 7) is 2.15. The molecule has 3 nitrogen and oxygen atoms in total. The van der Waals surface area contributed by atoms with E-state index in [-0.39, 0.29) is 0 Å². The molecule has 1 N–H and O–H groups in total. The van der Waals surface area contributed by atoms with Crippen LogP contribution in [0.3, 0.4) is 0 Å². The van der Waals surface area contributed by atoms with E-state index in [1.54, 1.807) is 24.3 Å². The first-order valence-electron chi connectivity index (χ1n) is 9.79. The molecule has 0 aliphatic rings. The summed E-state index contributed by atoms with van der Waals surface area (Å²) in [7, 11) is -4.05. The monoisotopic (exact) mass is 394 g/mol. The van der Waals surface area contributed by atoms with Crippen molar-refractivity contribution in [2.75, 3.05) is 0 Å². The van der Waals surface area contributed by atoms with Crippen LogP contribution in [0.4, 0.5) is 0 Å². The van der Waals surface area contributed by atoms with E-state index >= 15 is 0 Å². The second kappa shape index (κ2) is 9.34. The number of unbranched alkanes of at least 4 members (excludes halogenated alkanes) is 2. The molecule has 1 unspecified atom stereocenters. The second-order valence-electron chi connectivity index (χ2n) is 6.96. The van der Waals surface area contributed by atoms with Gasteiger partial charge in [-0.1, -0.05) is 98.6 Å². The Morgan fingerprint density at radius 2 is 1.25 bits per heavy atom. The van der Waals surface area contributed by atoms with Crippen LogP contribution in [-0.2, 0) is 14.7 Å². The van der Waals surface area contributed by atoms with Crippen LogP contribution in [-0.4, -0.2) is 4.89 Å². The molecule has 0 amide bonds. The van der Waals surface area contributed by atoms with Gasteiger partial charge < -0.3 is 4.89 Å². The van der Waals surface area contributed by atoms with E-state index in [1.165, 1.54) is 0 Å². The molecule has 0 aliphatic carbocycles. The highest BCUT2D eigenvalue weighted by atomic mass is 31.2. The van der Waals surface area contributed by atoms with Crippen molar-refractivity contribution in [3.8, 4) is 0 Å². The summed E-state index contributed by atoms with van der Waals surface area (Å²) in [5.41, 5.74) is 0.794. The molecule has 0 aromatic heterocycles. The molecule has 1 atom stereocenters. The van der Waals surface area contributed by atoms with Gasteiger partial charge in [0.05, 0.1) is 5.30 Å². The van der Waals surface area contributed by atoms with Gasteiger partial charge in [0.25, 0.3) is 0 Å². The number of rotatable bonds is 9. The molecule has 0 radical (unpaired) electrons. The van der Waals surface area contributed by atoms with Crippen molar-refractivity contribution in [3.63, 3.8) is 0 Å². The molecule has 0 saturated heterocycles. The van der Waals surface area contributed by atoms with Gasteiger partial charge in [-0.15, -0.1) is 0 Å². The standard InChI is InChI=1S/C24H27O3P/c1-2-3-13-20-24(21-14-7-4-8-15-21,22-16-9-5-10-17-22)27-28(25,26)23-18-11-6-12-19-23/h4-12,14-19H,2-3,13,20H2,1H3,(H,25,26). The maximum Gasteiger partial charge on any atom is 0.359 e. The van der Waals surface area contributed by atoms with Crippen molar-refractivity contribution in [3.05, 3.63) is 102 Å². The van der Waals surface area contributed by atoms with Crippen molar-refractivity contribution in [2.45, 2.75) is 38.2 Å². The molecule has 0 heterocycles. The molecule has 0 aliphatic heterocycles. The van der Waals surface area contributed by atoms with E-state index in [2.05, 4.69) is 6.92 Å². The van der Waals surface area contributed by atoms with Crippen LogP contribution in [0, 0.1) is 0 Å². The van der Waals surface area contributed by atoms with Crippen molar-refractivity contribution in [1.82, 2.24) is 0 Å². The molecule has 3 rings (SSSR count). The van der Waals surface area contributed by atoms with Gasteiger partial charge in [0, 0.05) is 0 Å². The minimum atomic E-state index is -4.05. The average molecular weight is 394 g/mol. The smallest absolute Gasteiger partial charge is 0.321 e. The Bertz CT molecular complexity index is 855. The third kappa shape index (κ3) is 4.62. The van der Waals surface area contributed by atoms with Gasteiger partial charge in [-0.25, -0.2) is 0 Å². The number of benzene rings is 3. The van der Waals surface area contributed by atoms with Crippen LogP contribution in [0.25, 0.3) is 0 Å². The summed E-state index contributed by atoms with van der Waals surface area (Å²) in [5.74, 6) is 0. The van der Waals surface area contributed by atoms with E-state index in [4.69, 9.17) is 4.52 Å². The van der Waals surface area contributed by atoms with Gasteiger partial charge in [-0.3, -0.25) is 9.09 Å². The SMILES string of the molecule is CCCCCC(OP(=O)(O)c1ccccc1)(c1ccccc1)c1ccccc1. The molecule has 4 heteroatoms. The third-order valence-corrected chi connectivity index (χ3v) is 6.48. The van der Waals surface area contributed by atoms with Crippen LogP contribution < -0.4 is 5.30 Å². The first-order chi connectivity index (χ1) is 13.6. The van der Waals surface area contributed by atoms with Gasteiger partial charge in [-0.05, 0) is 36.1 Å². The lowest BCUT2D eigenvalue weighted by Crippen LogP contribution is -2.32. The van der Waals surface area contributed by atoms with Crippen LogP contribution in [0.2, 0.25) is 0 Å². The Morgan fingerprint density at radius 1 is 0.786 bits per heavy atom. The number of hydrogen-bond acceptors (Lipinski definition) is 2. The first kappa shape index (κ1) is 20.5. The normalized spacial score (nSPS) is 13.8. The highest BCUT2D eigenvalue weighted by molar-refractivity contribution is 7.61. The van der Waals surface area contributed by atoms with Gasteiger partial charge in [0.1, 0.15) is 5.60 Å². The molecule has 28 heavy (non-hydrogen) atoms. The molecule has 0 saturated carbocycles. The zero-order valence-electron chi connectivity index (χ0n) is 16.2. The Kier molecular flexibility index (Phi) is 6.85. The molecule has 146 valence electrons. The second-order valence-corrected chi connectivity index (χ2v) is 8.70. The highest BCUT2D eigenvalue weighted by Crippen LogP contribution is 2.53. The van der Waals surface area contributed by atoms with Crippen LogP contribution in [0.5, 0.6) is 0 Å². The third-order valence-electron chi connectivity index (χ3n) is 4.97. The van der Waals surface area contributed by atoms with Gasteiger partial charge in [0.15, 0.2) is 0 Å². The Morgan fingerprint density at radius 3 is 1.71 bits per heavy atom. The zero-order chi connectivity index (χ0) is 19.9. The van der Waals surface area contributed by atoms with E-state index in [0.717, 1.165) is 30.4 Å². The lowest BCUT2D eigenvalue weighted by molar-refractivity contribution is 0.0851. The maximum atomic E-state index is 13.3. The van der Waals surface area contributed by atoms with E-state index < -0.39 is 13.2 Å². The fourth-order valence-corrected chi connectivity index (χ4v) is 4.90. The zero-order valence-corrected chi connectivity index (χ0v) is 17.1. The predicted octanol–water partition coefficient (Wildman–Crippen LogP) is 6.04. The lowest BCUT2D eigenvalue weighted by Gasteiger charge is -2.36. The minimum absolute atomic E-state index is 0.307. The van der Waals surface area contributed by atoms with Crippen LogP contribution >= 0.6 is 7.60 Å². The fourth-order valence-electron chi connectivity index (χ4n) is 3.53. The summed E-state index contributed by atoms with van der Waals surface area (Å²) in [4.78, 5) is 10.9. The van der Waals surface area contributed by atoms with Crippen LogP contribution in [0.1, 0.15) is 43.7 Å². The van der Waals surface area contributed by atoms with E-state index in [1.807, 2.05) is 66.7 Å². The fraction of sp³-hybridized carbons (Fsp3) is 0.250. The average Bonchev–Trinajstić information content (AvgIpc) is 2.75. The summed E-state index contributed by atoms with van der Waals surface area (Å²) in [5, 5.41) is 0.307. The maximum absolute atomic E-state index is 13.3. The van der Waals surface area contributed by atoms with E-state index in [9.17, 15) is 9.46 Å². The molecule has 3 aromatic rings. The largest absolute Gasteiger partial charge is 0.359 e. The highest BCUT2D eigenvalue weighted by Gasteiger charge is 2.42. The van der Waals surface area contributed by atoms with Crippen molar-refractivity contribution < 1.29 is 14.0 Å². The molecule has 0 bridgehead atoms. The quantitative estimate of drug-likeness (QED) is 0.356. The Balaban J connectivity index is 2.13. The molecule has 3 aromatic carbocycles. The summed E-state index contributed by atoms with van der Waals surface area (Å²) in [6.07, 6.45) is 3.63. The summed E-state index contributed by atoms with van der Waals surface area (Å²) < 4.78 is 19.6. The first-order valence-corrected chi connectivity index (χ1v) is 11.4. The number of hydrogen-bond donors (Lipinski definition) is 1. The molecular formula is C24H27O3P. The lowest BCUT2D eigenvalue weighted by atomic mass is 9.82. The van der Waals surface area contributed by atoms with Crippen molar-refractivity contribution in [1.29, 1.82) is 0 Å². The molecule has 0 fully saturated rings. The van der Waals surface area contributed by atoms with Crippen LogP contribution in [0.15, 0.2) is 91.0 Å². The van der Waals surface area contributed by atoms with Gasteiger partial charge in [-0.2, -0.15) is 0 Å². The van der Waals surface area contributed by atoms with Gasteiger partial charge >= 0.3 is 7.60 Å². The van der Waals surface area contributed by atoms with Gasteiger partial charge in [0.2, 0.25) is 0 Å². The Labute approximate surface area is 167 Å². The molecule has 0 spiro atoms. The topological polar surface area (TPSA) is 46.5 Å². The van der Waals surface area contributed by atoms with Crippen molar-refractivity contribution >= 4 is 12.9 Å². The Hall–Kier alpha value is -2.19. The summed E-state index contributed by atoms with van der Waals surface area (Å²) in [6, 6.07) is 28.2. The molecular weight excluding hydrogens is 367 g/mol.